The number of rotatable bonds is 5. The van der Waals surface area contributed by atoms with E-state index in [1.165, 1.54) is 47.3 Å². The normalized spacial score (nSPS) is 11.5. The third-order valence-electron chi connectivity index (χ3n) is 4.50. The van der Waals surface area contributed by atoms with Gasteiger partial charge in [0, 0.05) is 29.4 Å². The average Bonchev–Trinajstić information content (AvgIpc) is 3.34. The van der Waals surface area contributed by atoms with Crippen LogP contribution in [0, 0.1) is 10.6 Å². The van der Waals surface area contributed by atoms with Crippen LogP contribution < -0.4 is 5.32 Å². The van der Waals surface area contributed by atoms with Gasteiger partial charge in [0.25, 0.3) is 5.91 Å². The van der Waals surface area contributed by atoms with Gasteiger partial charge in [-0.15, -0.1) is 11.3 Å². The number of carbonyl (C=O) groups excluding carboxylic acids is 1. The van der Waals surface area contributed by atoms with Crippen LogP contribution in [0.15, 0.2) is 60.9 Å². The maximum absolute atomic E-state index is 13.2. The summed E-state index contributed by atoms with van der Waals surface area (Å²) in [6.45, 7) is 0. The van der Waals surface area contributed by atoms with Crippen LogP contribution in [0.5, 0.6) is 0 Å². The molecule has 0 bridgehead atoms. The van der Waals surface area contributed by atoms with Crippen molar-refractivity contribution in [3.63, 3.8) is 0 Å². The number of halogens is 4. The molecule has 0 unspecified atom stereocenters. The number of hydrogen-bond acceptors (Lipinski definition) is 4. The second-order valence-electron chi connectivity index (χ2n) is 6.75. The Hall–Kier alpha value is -3.31. The van der Waals surface area contributed by atoms with E-state index < -0.39 is 23.5 Å². The topological polar surface area (TPSA) is 62.7 Å². The van der Waals surface area contributed by atoms with Gasteiger partial charge in [0.05, 0.1) is 5.56 Å². The van der Waals surface area contributed by atoms with E-state index in [1.54, 1.807) is 6.07 Å². The molecule has 2 heterocycles. The highest BCUT2D eigenvalue weighted by atomic mass is 32.1. The van der Waals surface area contributed by atoms with Crippen LogP contribution in [0.25, 0.3) is 5.69 Å². The van der Waals surface area contributed by atoms with E-state index >= 15 is 0 Å². The number of aromatic nitrogens is 3. The first kappa shape index (κ1) is 21.9. The lowest BCUT2D eigenvalue weighted by molar-refractivity contribution is -0.137. The third-order valence-corrected chi connectivity index (χ3v) is 5.71. The van der Waals surface area contributed by atoms with Gasteiger partial charge in [-0.25, -0.2) is 9.37 Å². The molecular formula is C21H14F4N4OS2. The maximum Gasteiger partial charge on any atom is 0.416 e. The Balaban J connectivity index is 1.51. The first-order valence-electron chi connectivity index (χ1n) is 9.19. The van der Waals surface area contributed by atoms with Gasteiger partial charge in [0.15, 0.2) is 9.90 Å². The molecule has 4 rings (SSSR count). The summed E-state index contributed by atoms with van der Waals surface area (Å²) in [5.74, 6) is -0.917. The van der Waals surface area contributed by atoms with Crippen LogP contribution in [0.3, 0.4) is 0 Å². The Morgan fingerprint density at radius 1 is 1.19 bits per heavy atom. The summed E-state index contributed by atoms with van der Waals surface area (Å²) in [6, 6.07) is 10.6. The summed E-state index contributed by atoms with van der Waals surface area (Å²) in [5, 5.41) is 2.95. The van der Waals surface area contributed by atoms with Crippen LogP contribution in [0.2, 0.25) is 0 Å². The zero-order valence-corrected chi connectivity index (χ0v) is 17.7. The molecule has 0 aliphatic carbocycles. The first-order chi connectivity index (χ1) is 15.2. The van der Waals surface area contributed by atoms with E-state index in [4.69, 9.17) is 12.2 Å². The van der Waals surface area contributed by atoms with E-state index in [2.05, 4.69) is 15.3 Å². The molecule has 4 aromatic rings. The molecule has 0 aliphatic heterocycles. The molecule has 5 nitrogen and oxygen atoms in total. The molecule has 0 saturated heterocycles. The Morgan fingerprint density at radius 3 is 2.66 bits per heavy atom. The van der Waals surface area contributed by atoms with E-state index in [0.29, 0.717) is 16.1 Å². The Bertz CT molecular complexity index is 1320. The third kappa shape index (κ3) is 4.78. The van der Waals surface area contributed by atoms with Gasteiger partial charge in [0.2, 0.25) is 0 Å². The Labute approximate surface area is 188 Å². The summed E-state index contributed by atoms with van der Waals surface area (Å²) in [6.07, 6.45) is -1.24. The fraction of sp³-hybridized carbons (Fsp3) is 0.0952. The van der Waals surface area contributed by atoms with Crippen LogP contribution in [-0.2, 0) is 12.6 Å². The minimum absolute atomic E-state index is 0.191. The number of imidazole rings is 1. The van der Waals surface area contributed by atoms with Crippen LogP contribution in [0.1, 0.15) is 26.5 Å². The highest BCUT2D eigenvalue weighted by molar-refractivity contribution is 7.71. The maximum atomic E-state index is 13.2. The highest BCUT2D eigenvalue weighted by Crippen LogP contribution is 2.30. The molecule has 32 heavy (non-hydrogen) atoms. The molecular weight excluding hydrogens is 464 g/mol. The van der Waals surface area contributed by atoms with Crippen molar-refractivity contribution < 1.29 is 22.4 Å². The van der Waals surface area contributed by atoms with E-state index in [0.717, 1.165) is 23.5 Å². The average molecular weight is 478 g/mol. The number of thiazole rings is 1. The number of alkyl halides is 3. The molecule has 11 heteroatoms. The predicted octanol–water partition coefficient (Wildman–Crippen LogP) is 5.99. The Morgan fingerprint density at radius 2 is 1.94 bits per heavy atom. The minimum Gasteiger partial charge on any atom is -0.336 e. The largest absolute Gasteiger partial charge is 0.416 e. The van der Waals surface area contributed by atoms with Crippen molar-refractivity contribution >= 4 is 34.6 Å². The van der Waals surface area contributed by atoms with Crippen LogP contribution in [-0.4, -0.2) is 20.4 Å². The Kier molecular flexibility index (Phi) is 5.94. The first-order valence-corrected chi connectivity index (χ1v) is 10.4. The standard InChI is InChI=1S/C21H14F4N4OS2/c22-14-4-6-15(7-5-14)29-17(11-27-20(29)31)18(30)28-19-26-10-16(32-19)9-12-2-1-3-13(8-12)21(23,24)25/h1-8,10-11H,9H2,(H,27,31)(H,26,28,30). The number of carbonyl (C=O) groups is 1. The van der Waals surface area contributed by atoms with E-state index in [1.807, 2.05) is 0 Å². The lowest BCUT2D eigenvalue weighted by Gasteiger charge is -2.08. The summed E-state index contributed by atoms with van der Waals surface area (Å²) < 4.78 is 53.7. The molecule has 2 aromatic heterocycles. The number of benzene rings is 2. The number of H-pyrrole nitrogens is 1. The van der Waals surface area contributed by atoms with Crippen molar-refractivity contribution in [2.75, 3.05) is 5.32 Å². The highest BCUT2D eigenvalue weighted by Gasteiger charge is 2.30. The van der Waals surface area contributed by atoms with E-state index in [9.17, 15) is 22.4 Å². The van der Waals surface area contributed by atoms with Crippen molar-refractivity contribution in [1.82, 2.24) is 14.5 Å². The van der Waals surface area contributed by atoms with Crippen molar-refractivity contribution in [3.05, 3.63) is 93.2 Å². The number of hydrogen-bond donors (Lipinski definition) is 2. The monoisotopic (exact) mass is 478 g/mol. The van der Waals surface area contributed by atoms with Crippen molar-refractivity contribution in [1.29, 1.82) is 0 Å². The molecule has 0 saturated carbocycles. The summed E-state index contributed by atoms with van der Waals surface area (Å²) >= 11 is 6.38. The number of amides is 1. The van der Waals surface area contributed by atoms with Gasteiger partial charge >= 0.3 is 6.18 Å². The lowest BCUT2D eigenvalue weighted by atomic mass is 10.1. The zero-order chi connectivity index (χ0) is 22.9. The molecule has 0 radical (unpaired) electrons. The van der Waals surface area contributed by atoms with Crippen molar-refractivity contribution in [2.24, 2.45) is 0 Å². The smallest absolute Gasteiger partial charge is 0.336 e. The van der Waals surface area contributed by atoms with Gasteiger partial charge in [-0.3, -0.25) is 14.7 Å². The number of nitrogens with one attached hydrogen (secondary N) is 2. The molecule has 2 N–H and O–H groups in total. The second kappa shape index (κ2) is 8.67. The minimum atomic E-state index is -4.41. The van der Waals surface area contributed by atoms with Crippen molar-refractivity contribution in [3.8, 4) is 5.69 Å². The van der Waals surface area contributed by atoms with Gasteiger partial charge in [-0.05, 0) is 48.1 Å². The molecule has 0 aliphatic rings. The fourth-order valence-electron chi connectivity index (χ4n) is 3.05. The number of anilines is 1. The molecule has 1 amide bonds. The molecule has 0 fully saturated rings. The molecule has 0 spiro atoms. The number of nitrogens with zero attached hydrogens (tertiary/aromatic N) is 2. The van der Waals surface area contributed by atoms with Crippen molar-refractivity contribution in [2.45, 2.75) is 12.6 Å². The van der Waals surface area contributed by atoms with Gasteiger partial charge in [0.1, 0.15) is 11.5 Å². The second-order valence-corrected chi connectivity index (χ2v) is 8.25. The van der Waals surface area contributed by atoms with E-state index in [-0.39, 0.29) is 22.0 Å². The summed E-state index contributed by atoms with van der Waals surface area (Å²) in [4.78, 5) is 20.4. The molecule has 0 atom stereocenters. The van der Waals surface area contributed by atoms with Crippen LogP contribution in [0.4, 0.5) is 22.7 Å². The number of aromatic amines is 1. The quantitative estimate of drug-likeness (QED) is 0.274. The SMILES string of the molecule is O=C(Nc1ncc(Cc2cccc(C(F)(F)F)c2)s1)c1c[nH]c(=S)n1-c1ccc(F)cc1. The van der Waals surface area contributed by atoms with Gasteiger partial charge < -0.3 is 4.98 Å². The lowest BCUT2D eigenvalue weighted by Crippen LogP contribution is -2.16. The fourth-order valence-corrected chi connectivity index (χ4v) is 4.15. The summed E-state index contributed by atoms with van der Waals surface area (Å²) in [7, 11) is 0. The predicted molar refractivity (Wildman–Crippen MR) is 115 cm³/mol. The zero-order valence-electron chi connectivity index (χ0n) is 16.1. The van der Waals surface area contributed by atoms with Crippen LogP contribution >= 0.6 is 23.6 Å². The molecule has 164 valence electrons. The summed E-state index contributed by atoms with van der Waals surface area (Å²) in [5.41, 5.74) is 0.464. The molecule has 2 aromatic carbocycles. The van der Waals surface area contributed by atoms with Gasteiger partial charge in [-0.1, -0.05) is 18.2 Å². The van der Waals surface area contributed by atoms with Gasteiger partial charge in [-0.2, -0.15) is 13.2 Å².